The van der Waals surface area contributed by atoms with Crippen molar-refractivity contribution < 1.29 is 5.11 Å². The Kier molecular flexibility index (Phi) is 4.85. The van der Waals surface area contributed by atoms with Crippen LogP contribution in [0, 0.1) is 0 Å². The summed E-state index contributed by atoms with van der Waals surface area (Å²) in [5, 5.41) is 9.41. The quantitative estimate of drug-likeness (QED) is 0.752. The minimum atomic E-state index is -0.233. The van der Waals surface area contributed by atoms with Gasteiger partial charge in [0.05, 0.1) is 5.02 Å². The van der Waals surface area contributed by atoms with Gasteiger partial charge < -0.3 is 10.8 Å². The normalized spacial score (nSPS) is 11.5. The summed E-state index contributed by atoms with van der Waals surface area (Å²) in [7, 11) is 0. The smallest absolute Gasteiger partial charge is 0.134 e. The van der Waals surface area contributed by atoms with E-state index in [4.69, 9.17) is 22.4 Å². The molecule has 1 rings (SSSR count). The Labute approximate surface area is 88.4 Å². The first-order chi connectivity index (χ1) is 5.65. The molecule has 0 fully saturated rings. The van der Waals surface area contributed by atoms with Crippen LogP contribution in [0.25, 0.3) is 0 Å². The molecule has 0 aliphatic rings. The Balaban J connectivity index is 0.00000144. The third-order valence-electron chi connectivity index (χ3n) is 1.61. The zero-order valence-corrected chi connectivity index (χ0v) is 8.48. The summed E-state index contributed by atoms with van der Waals surface area (Å²) in [5.41, 5.74) is 6.50. The van der Waals surface area contributed by atoms with Gasteiger partial charge in [-0.2, -0.15) is 0 Å². The predicted octanol–water partition coefficient (Wildman–Crippen LogP) is 2.65. The Morgan fingerprint density at radius 1 is 1.54 bits per heavy atom. The summed E-state index contributed by atoms with van der Waals surface area (Å²) >= 11 is 5.68. The van der Waals surface area contributed by atoms with Crippen LogP contribution in [0.5, 0.6) is 5.75 Å². The Hall–Kier alpha value is -0.700. The average Bonchev–Trinajstić information content (AvgIpc) is 2.08. The van der Waals surface area contributed by atoms with Gasteiger partial charge in [0.15, 0.2) is 0 Å². The molecule has 0 amide bonds. The van der Waals surface area contributed by atoms with E-state index < -0.39 is 0 Å². The molecule has 0 bridgehead atoms. The summed E-state index contributed by atoms with van der Waals surface area (Å²) in [4.78, 5) is 0. The van der Waals surface area contributed by atoms with Crippen LogP contribution in [0.1, 0.15) is 11.6 Å². The molecule has 1 aromatic rings. The molecule has 0 aliphatic carbocycles. The molecule has 2 nitrogen and oxygen atoms in total. The van der Waals surface area contributed by atoms with E-state index in [-0.39, 0.29) is 24.2 Å². The van der Waals surface area contributed by atoms with Crippen LogP contribution in [0.15, 0.2) is 30.9 Å². The van der Waals surface area contributed by atoms with E-state index in [9.17, 15) is 0 Å². The molecular formula is C9H11Cl2NO. The molecule has 0 saturated carbocycles. The summed E-state index contributed by atoms with van der Waals surface area (Å²) in [6, 6.07) is 4.63. The minimum absolute atomic E-state index is 0. The molecule has 0 saturated heterocycles. The van der Waals surface area contributed by atoms with E-state index >= 15 is 0 Å². The second kappa shape index (κ2) is 5.12. The monoisotopic (exact) mass is 219 g/mol. The van der Waals surface area contributed by atoms with Gasteiger partial charge in [-0.1, -0.05) is 23.7 Å². The molecule has 3 N–H and O–H groups in total. The molecule has 0 radical (unpaired) electrons. The molecule has 72 valence electrons. The van der Waals surface area contributed by atoms with Gasteiger partial charge in [0, 0.05) is 6.04 Å². The summed E-state index contributed by atoms with van der Waals surface area (Å²) in [6.07, 6.45) is 1.61. The first-order valence-electron chi connectivity index (χ1n) is 3.51. The zero-order valence-electron chi connectivity index (χ0n) is 6.90. The van der Waals surface area contributed by atoms with Gasteiger partial charge in [0.25, 0.3) is 0 Å². The lowest BCUT2D eigenvalue weighted by Gasteiger charge is -2.06. The van der Waals surface area contributed by atoms with Crippen molar-refractivity contribution in [3.8, 4) is 5.75 Å². The van der Waals surface area contributed by atoms with Gasteiger partial charge >= 0.3 is 0 Å². The lowest BCUT2D eigenvalue weighted by Crippen LogP contribution is -2.05. The second-order valence-electron chi connectivity index (χ2n) is 2.47. The predicted molar refractivity (Wildman–Crippen MR) is 57.5 cm³/mol. The fraction of sp³-hybridized carbons (Fsp3) is 0.111. The van der Waals surface area contributed by atoms with Crippen molar-refractivity contribution in [2.75, 3.05) is 0 Å². The molecule has 0 unspecified atom stereocenters. The van der Waals surface area contributed by atoms with Gasteiger partial charge in [-0.3, -0.25) is 0 Å². The number of nitrogens with two attached hydrogens (primary N) is 1. The standard InChI is InChI=1S/C9H10ClNO.ClH/c1-2-8(11)6-3-4-9(12)7(10)5-6;/h2-5,8,12H,1,11H2;1H/t8-;/m0./s1. The molecule has 1 aromatic carbocycles. The highest BCUT2D eigenvalue weighted by Crippen LogP contribution is 2.25. The highest BCUT2D eigenvalue weighted by Gasteiger charge is 2.03. The third-order valence-corrected chi connectivity index (χ3v) is 1.91. The highest BCUT2D eigenvalue weighted by molar-refractivity contribution is 6.32. The van der Waals surface area contributed by atoms with E-state index in [1.807, 2.05) is 0 Å². The first-order valence-corrected chi connectivity index (χ1v) is 3.89. The largest absolute Gasteiger partial charge is 0.506 e. The number of hydrogen-bond donors (Lipinski definition) is 2. The SMILES string of the molecule is C=C[C@H](N)c1ccc(O)c(Cl)c1.Cl. The van der Waals surface area contributed by atoms with Crippen molar-refractivity contribution in [3.63, 3.8) is 0 Å². The Bertz CT molecular complexity index is 302. The fourth-order valence-corrected chi connectivity index (χ4v) is 1.06. The van der Waals surface area contributed by atoms with Crippen molar-refractivity contribution in [1.82, 2.24) is 0 Å². The van der Waals surface area contributed by atoms with Crippen LogP contribution in [0.4, 0.5) is 0 Å². The van der Waals surface area contributed by atoms with E-state index in [1.165, 1.54) is 6.07 Å². The van der Waals surface area contributed by atoms with Crippen LogP contribution in [-0.4, -0.2) is 5.11 Å². The number of aromatic hydroxyl groups is 1. The summed E-state index contributed by atoms with van der Waals surface area (Å²) < 4.78 is 0. The summed E-state index contributed by atoms with van der Waals surface area (Å²) in [6.45, 7) is 3.56. The number of phenols is 1. The lowest BCUT2D eigenvalue weighted by atomic mass is 10.1. The van der Waals surface area contributed by atoms with Crippen molar-refractivity contribution >= 4 is 24.0 Å². The van der Waals surface area contributed by atoms with Crippen LogP contribution >= 0.6 is 24.0 Å². The van der Waals surface area contributed by atoms with E-state index in [0.717, 1.165) is 5.56 Å². The Morgan fingerprint density at radius 2 is 2.15 bits per heavy atom. The zero-order chi connectivity index (χ0) is 9.14. The van der Waals surface area contributed by atoms with Gasteiger partial charge in [0.1, 0.15) is 5.75 Å². The first kappa shape index (κ1) is 12.3. The number of phenolic OH excluding ortho intramolecular Hbond substituents is 1. The number of hydrogen-bond acceptors (Lipinski definition) is 2. The maximum atomic E-state index is 9.10. The number of benzene rings is 1. The molecule has 13 heavy (non-hydrogen) atoms. The second-order valence-corrected chi connectivity index (χ2v) is 2.88. The lowest BCUT2D eigenvalue weighted by molar-refractivity contribution is 0.475. The van der Waals surface area contributed by atoms with E-state index in [1.54, 1.807) is 18.2 Å². The van der Waals surface area contributed by atoms with Gasteiger partial charge in [0.2, 0.25) is 0 Å². The number of halogens is 2. The van der Waals surface area contributed by atoms with E-state index in [2.05, 4.69) is 6.58 Å². The van der Waals surface area contributed by atoms with Gasteiger partial charge in [-0.25, -0.2) is 0 Å². The van der Waals surface area contributed by atoms with Crippen LogP contribution < -0.4 is 5.73 Å². The van der Waals surface area contributed by atoms with Crippen molar-refractivity contribution in [1.29, 1.82) is 0 Å². The van der Waals surface area contributed by atoms with Crippen LogP contribution in [0.2, 0.25) is 5.02 Å². The molecule has 0 aliphatic heterocycles. The minimum Gasteiger partial charge on any atom is -0.506 e. The number of rotatable bonds is 2. The maximum Gasteiger partial charge on any atom is 0.134 e. The van der Waals surface area contributed by atoms with E-state index in [0.29, 0.717) is 5.02 Å². The molecular weight excluding hydrogens is 209 g/mol. The van der Waals surface area contributed by atoms with Gasteiger partial charge in [-0.15, -0.1) is 19.0 Å². The Morgan fingerprint density at radius 3 is 2.62 bits per heavy atom. The molecule has 4 heteroatoms. The summed E-state index contributed by atoms with van der Waals surface area (Å²) in [5.74, 6) is 0.0664. The van der Waals surface area contributed by atoms with Crippen molar-refractivity contribution in [3.05, 3.63) is 41.4 Å². The van der Waals surface area contributed by atoms with Crippen LogP contribution in [-0.2, 0) is 0 Å². The van der Waals surface area contributed by atoms with Gasteiger partial charge in [-0.05, 0) is 17.7 Å². The van der Waals surface area contributed by atoms with Crippen molar-refractivity contribution in [2.24, 2.45) is 5.73 Å². The molecule has 0 aromatic heterocycles. The molecule has 1 atom stereocenters. The van der Waals surface area contributed by atoms with Crippen LogP contribution in [0.3, 0.4) is 0 Å². The third kappa shape index (κ3) is 2.92. The average molecular weight is 220 g/mol. The van der Waals surface area contributed by atoms with Crippen molar-refractivity contribution in [2.45, 2.75) is 6.04 Å². The fourth-order valence-electron chi connectivity index (χ4n) is 0.867. The molecule has 0 heterocycles. The maximum absolute atomic E-state index is 9.10. The highest BCUT2D eigenvalue weighted by atomic mass is 35.5. The topological polar surface area (TPSA) is 46.2 Å². The molecule has 0 spiro atoms.